The summed E-state index contributed by atoms with van der Waals surface area (Å²) in [5, 5.41) is 21.3. The van der Waals surface area contributed by atoms with E-state index in [9.17, 15) is 19.8 Å². The molecule has 6 heteroatoms. The number of allylic oxidation sites excluding steroid dienone is 4. The third kappa shape index (κ3) is 2.34. The summed E-state index contributed by atoms with van der Waals surface area (Å²) in [4.78, 5) is 25.1. The van der Waals surface area contributed by atoms with Crippen molar-refractivity contribution in [3.63, 3.8) is 0 Å². The van der Waals surface area contributed by atoms with E-state index in [0.717, 1.165) is 18.4 Å². The molecule has 0 spiro atoms. The maximum Gasteiger partial charge on any atom is 0.193 e. The number of rotatable bonds is 3. The van der Waals surface area contributed by atoms with Crippen LogP contribution in [0.4, 0.5) is 0 Å². The van der Waals surface area contributed by atoms with Crippen LogP contribution in [0.2, 0.25) is 0 Å². The summed E-state index contributed by atoms with van der Waals surface area (Å²) in [6, 6.07) is 0. The van der Waals surface area contributed by atoms with E-state index in [4.69, 9.17) is 9.47 Å². The first-order chi connectivity index (χ1) is 14.2. The van der Waals surface area contributed by atoms with Crippen LogP contribution in [0.5, 0.6) is 0 Å². The zero-order valence-electron chi connectivity index (χ0n) is 18.0. The Balaban J connectivity index is 1.57. The third-order valence-corrected chi connectivity index (χ3v) is 9.18. The molecule has 0 radical (unpaired) electrons. The lowest BCUT2D eigenvalue weighted by Gasteiger charge is -2.59. The molecule has 5 rings (SSSR count). The predicted molar refractivity (Wildman–Crippen MR) is 108 cm³/mol. The van der Waals surface area contributed by atoms with Crippen LogP contribution in [0.15, 0.2) is 23.8 Å². The van der Waals surface area contributed by atoms with Crippen molar-refractivity contribution in [1.82, 2.24) is 0 Å². The highest BCUT2D eigenvalue weighted by molar-refractivity contribution is 6.01. The third-order valence-electron chi connectivity index (χ3n) is 9.18. The average Bonchev–Trinajstić information content (AvgIpc) is 3.20. The SMILES string of the molecule is CC[C@@H]1O[C@@H]2C[C@H]3[C@@H]4CCC5=CC(=O)C=C[C@]5(C)[C@H]4[C@@H](O)C[C@]3(C)[C@]2(C(=O)CO)O1. The molecule has 3 saturated carbocycles. The zero-order valence-corrected chi connectivity index (χ0v) is 18.0. The van der Waals surface area contributed by atoms with Crippen LogP contribution in [-0.2, 0) is 19.1 Å². The minimum atomic E-state index is -1.20. The van der Waals surface area contributed by atoms with Crippen LogP contribution < -0.4 is 0 Å². The number of hydrogen-bond acceptors (Lipinski definition) is 6. The van der Waals surface area contributed by atoms with Crippen LogP contribution in [0.25, 0.3) is 0 Å². The zero-order chi connectivity index (χ0) is 21.5. The molecule has 1 aliphatic heterocycles. The molecule has 9 atom stereocenters. The Labute approximate surface area is 177 Å². The first kappa shape index (κ1) is 20.6. The molecule has 0 amide bonds. The van der Waals surface area contributed by atoms with Gasteiger partial charge in [0.05, 0.1) is 12.2 Å². The number of carbonyl (C=O) groups excluding carboxylic acids is 2. The molecule has 0 bridgehead atoms. The van der Waals surface area contributed by atoms with Crippen molar-refractivity contribution >= 4 is 11.6 Å². The Bertz CT molecular complexity index is 847. The number of aliphatic hydroxyl groups is 2. The number of hydrogen-bond donors (Lipinski definition) is 2. The van der Waals surface area contributed by atoms with Crippen molar-refractivity contribution < 1.29 is 29.3 Å². The molecule has 6 nitrogen and oxygen atoms in total. The number of ketones is 2. The van der Waals surface area contributed by atoms with E-state index >= 15 is 0 Å². The molecular formula is C24H32O6. The first-order valence-corrected chi connectivity index (χ1v) is 11.3. The van der Waals surface area contributed by atoms with Crippen molar-refractivity contribution in [3.05, 3.63) is 23.8 Å². The minimum Gasteiger partial charge on any atom is -0.393 e. The molecule has 4 aliphatic carbocycles. The van der Waals surface area contributed by atoms with E-state index < -0.39 is 36.1 Å². The Morgan fingerprint density at radius 3 is 2.80 bits per heavy atom. The van der Waals surface area contributed by atoms with Gasteiger partial charge in [0, 0.05) is 16.7 Å². The van der Waals surface area contributed by atoms with E-state index in [1.807, 2.05) is 13.0 Å². The van der Waals surface area contributed by atoms with Gasteiger partial charge in [0.25, 0.3) is 0 Å². The molecule has 0 unspecified atom stereocenters. The maximum atomic E-state index is 13.1. The first-order valence-electron chi connectivity index (χ1n) is 11.3. The molecule has 5 aliphatic rings. The summed E-state index contributed by atoms with van der Waals surface area (Å²) in [5.74, 6) is 0.0202. The van der Waals surface area contributed by atoms with Crippen LogP contribution in [0.1, 0.15) is 52.9 Å². The average molecular weight is 417 g/mol. The monoisotopic (exact) mass is 416 g/mol. The van der Waals surface area contributed by atoms with Gasteiger partial charge < -0.3 is 19.7 Å². The number of aliphatic hydroxyl groups excluding tert-OH is 2. The summed E-state index contributed by atoms with van der Waals surface area (Å²) in [7, 11) is 0. The standard InChI is InChI=1S/C24H32O6/c1-4-20-29-19-10-16-15-6-5-13-9-14(26)7-8-22(13,2)21(15)17(27)11-23(16,3)24(19,30-20)18(28)12-25/h7-9,15-17,19-21,25,27H,4-6,10-12H2,1-3H3/t15-,16-,17-,19+,20+,21+,22-,23-,24+/m0/s1. The maximum absolute atomic E-state index is 13.1. The van der Waals surface area contributed by atoms with Gasteiger partial charge in [-0.3, -0.25) is 9.59 Å². The molecule has 30 heavy (non-hydrogen) atoms. The largest absolute Gasteiger partial charge is 0.393 e. The Morgan fingerprint density at radius 1 is 1.33 bits per heavy atom. The van der Waals surface area contributed by atoms with Crippen molar-refractivity contribution in [2.75, 3.05) is 6.61 Å². The molecule has 164 valence electrons. The number of carbonyl (C=O) groups is 2. The second-order valence-electron chi connectivity index (χ2n) is 10.3. The lowest BCUT2D eigenvalue weighted by atomic mass is 9.46. The second kappa shape index (κ2) is 6.58. The normalized spacial score (nSPS) is 51.6. The minimum absolute atomic E-state index is 0.0120. The topological polar surface area (TPSA) is 93.1 Å². The van der Waals surface area contributed by atoms with Gasteiger partial charge >= 0.3 is 0 Å². The predicted octanol–water partition coefficient (Wildman–Crippen LogP) is 2.33. The number of fused-ring (bicyclic) bond motifs is 7. The van der Waals surface area contributed by atoms with Gasteiger partial charge in [-0.1, -0.05) is 32.4 Å². The summed E-state index contributed by atoms with van der Waals surface area (Å²) < 4.78 is 12.5. The molecule has 4 fully saturated rings. The van der Waals surface area contributed by atoms with Crippen LogP contribution in [0.3, 0.4) is 0 Å². The van der Waals surface area contributed by atoms with E-state index in [0.29, 0.717) is 19.3 Å². The van der Waals surface area contributed by atoms with Crippen molar-refractivity contribution in [3.8, 4) is 0 Å². The fraction of sp³-hybridized carbons (Fsp3) is 0.750. The Kier molecular flexibility index (Phi) is 4.51. The van der Waals surface area contributed by atoms with E-state index in [1.165, 1.54) is 0 Å². The second-order valence-corrected chi connectivity index (χ2v) is 10.3. The summed E-state index contributed by atoms with van der Waals surface area (Å²) >= 11 is 0. The summed E-state index contributed by atoms with van der Waals surface area (Å²) in [6.07, 6.45) is 7.33. The lowest BCUT2D eigenvalue weighted by Crippen LogP contribution is -2.63. The highest BCUT2D eigenvalue weighted by Gasteiger charge is 2.75. The molecular weight excluding hydrogens is 384 g/mol. The number of Topliss-reactive ketones (excluding diaryl/α,β-unsaturated/α-hetero) is 1. The van der Waals surface area contributed by atoms with E-state index in [-0.39, 0.29) is 34.7 Å². The van der Waals surface area contributed by atoms with E-state index in [1.54, 1.807) is 12.2 Å². The molecule has 1 saturated heterocycles. The number of ether oxygens (including phenoxy) is 2. The summed E-state index contributed by atoms with van der Waals surface area (Å²) in [5.41, 5.74) is -1.05. The molecule has 2 N–H and O–H groups in total. The lowest BCUT2D eigenvalue weighted by molar-refractivity contribution is -0.199. The fourth-order valence-corrected chi connectivity index (χ4v) is 7.94. The molecule has 1 heterocycles. The van der Waals surface area contributed by atoms with Gasteiger partial charge in [0.1, 0.15) is 6.61 Å². The van der Waals surface area contributed by atoms with E-state index in [2.05, 4.69) is 13.8 Å². The van der Waals surface area contributed by atoms with Crippen LogP contribution in [0, 0.1) is 28.6 Å². The summed E-state index contributed by atoms with van der Waals surface area (Å²) in [6.45, 7) is 5.56. The van der Waals surface area contributed by atoms with Gasteiger partial charge in [-0.2, -0.15) is 0 Å². The van der Waals surface area contributed by atoms with Crippen LogP contribution in [-0.4, -0.2) is 52.5 Å². The Hall–Kier alpha value is -1.34. The van der Waals surface area contributed by atoms with Gasteiger partial charge in [-0.25, -0.2) is 0 Å². The molecule has 0 aromatic heterocycles. The van der Waals surface area contributed by atoms with Crippen molar-refractivity contribution in [2.45, 2.75) is 77.0 Å². The smallest absolute Gasteiger partial charge is 0.193 e. The quantitative estimate of drug-likeness (QED) is 0.734. The highest BCUT2D eigenvalue weighted by Crippen LogP contribution is 2.69. The Morgan fingerprint density at radius 2 is 2.10 bits per heavy atom. The molecule has 0 aromatic carbocycles. The van der Waals surface area contributed by atoms with Gasteiger partial charge in [-0.05, 0) is 56.1 Å². The van der Waals surface area contributed by atoms with Gasteiger partial charge in [0.15, 0.2) is 23.5 Å². The molecule has 0 aromatic rings. The highest BCUT2D eigenvalue weighted by atomic mass is 16.7. The fourth-order valence-electron chi connectivity index (χ4n) is 7.94. The van der Waals surface area contributed by atoms with Crippen molar-refractivity contribution in [1.29, 1.82) is 0 Å². The van der Waals surface area contributed by atoms with Crippen molar-refractivity contribution in [2.24, 2.45) is 28.6 Å². The van der Waals surface area contributed by atoms with Gasteiger partial charge in [0.2, 0.25) is 0 Å². The van der Waals surface area contributed by atoms with Gasteiger partial charge in [-0.15, -0.1) is 0 Å². The van der Waals surface area contributed by atoms with Crippen LogP contribution >= 0.6 is 0 Å².